The maximum absolute atomic E-state index is 14.7. The van der Waals surface area contributed by atoms with E-state index in [1.54, 1.807) is 7.11 Å². The van der Waals surface area contributed by atoms with Gasteiger partial charge in [0.15, 0.2) is 5.66 Å². The third-order valence-corrected chi connectivity index (χ3v) is 8.11. The molecule has 10 heteroatoms. The van der Waals surface area contributed by atoms with E-state index in [9.17, 15) is 4.79 Å². The second kappa shape index (κ2) is 13.2. The second-order valence-electron chi connectivity index (χ2n) is 10.7. The molecule has 2 fully saturated rings. The number of hydrogen-bond acceptors (Lipinski definition) is 6. The third kappa shape index (κ3) is 6.61. The fraction of sp³-hybridized carbons (Fsp3) is 0.387. The SMILES string of the molecule is COc1ccc(C2(C(=O)N3CCN(C)CC3)NC(c3ccc(Cl)cc3)C(c3ccc(Cl)cc3)N2)c(OC(C)C)c1.Cl. The van der Waals surface area contributed by atoms with Crippen molar-refractivity contribution in [1.82, 2.24) is 20.4 Å². The minimum absolute atomic E-state index is 0. The lowest BCUT2D eigenvalue weighted by atomic mass is 9.95. The lowest BCUT2D eigenvalue weighted by molar-refractivity contribution is -0.141. The highest BCUT2D eigenvalue weighted by atomic mass is 35.5. The van der Waals surface area contributed by atoms with Crippen molar-refractivity contribution in [2.45, 2.75) is 37.7 Å². The molecule has 0 aromatic heterocycles. The molecular weight excluding hydrogens is 583 g/mol. The molecule has 41 heavy (non-hydrogen) atoms. The smallest absolute Gasteiger partial charge is 0.262 e. The highest BCUT2D eigenvalue weighted by molar-refractivity contribution is 6.30. The predicted octanol–water partition coefficient (Wildman–Crippen LogP) is 5.81. The van der Waals surface area contributed by atoms with Crippen LogP contribution in [0.25, 0.3) is 0 Å². The van der Waals surface area contributed by atoms with Gasteiger partial charge in [0.25, 0.3) is 5.91 Å². The van der Waals surface area contributed by atoms with Gasteiger partial charge in [0.1, 0.15) is 11.5 Å². The van der Waals surface area contributed by atoms with Crippen molar-refractivity contribution >= 4 is 41.5 Å². The summed E-state index contributed by atoms with van der Waals surface area (Å²) >= 11 is 12.5. The van der Waals surface area contributed by atoms with Gasteiger partial charge in [-0.2, -0.15) is 0 Å². The van der Waals surface area contributed by atoms with E-state index in [0.717, 1.165) is 24.2 Å². The molecule has 2 aliphatic heterocycles. The Balaban J connectivity index is 0.00000387. The highest BCUT2D eigenvalue weighted by Crippen LogP contribution is 2.45. The monoisotopic (exact) mass is 618 g/mol. The Labute approximate surface area is 258 Å². The van der Waals surface area contributed by atoms with Crippen molar-refractivity contribution in [2.75, 3.05) is 40.3 Å². The molecule has 7 nitrogen and oxygen atoms in total. The van der Waals surface area contributed by atoms with Crippen LogP contribution in [0.5, 0.6) is 11.5 Å². The molecule has 2 atom stereocenters. The molecule has 2 heterocycles. The van der Waals surface area contributed by atoms with E-state index >= 15 is 0 Å². The summed E-state index contributed by atoms with van der Waals surface area (Å²) in [6.07, 6.45) is -0.109. The molecule has 2 N–H and O–H groups in total. The summed E-state index contributed by atoms with van der Waals surface area (Å²) in [6.45, 7) is 6.83. The molecule has 0 bridgehead atoms. The van der Waals surface area contributed by atoms with Gasteiger partial charge in [-0.05, 0) is 68.4 Å². The van der Waals surface area contributed by atoms with Crippen LogP contribution in [0, 0.1) is 0 Å². The molecule has 0 radical (unpaired) electrons. The van der Waals surface area contributed by atoms with Crippen LogP contribution >= 0.6 is 35.6 Å². The summed E-state index contributed by atoms with van der Waals surface area (Å²) in [6, 6.07) is 20.6. The van der Waals surface area contributed by atoms with Crippen molar-refractivity contribution in [1.29, 1.82) is 0 Å². The van der Waals surface area contributed by atoms with Gasteiger partial charge in [-0.3, -0.25) is 15.4 Å². The van der Waals surface area contributed by atoms with Gasteiger partial charge in [-0.15, -0.1) is 12.4 Å². The number of piperazine rings is 1. The number of amides is 1. The predicted molar refractivity (Wildman–Crippen MR) is 166 cm³/mol. The zero-order chi connectivity index (χ0) is 28.4. The number of benzene rings is 3. The van der Waals surface area contributed by atoms with E-state index in [1.807, 2.05) is 85.5 Å². The maximum atomic E-state index is 14.7. The Morgan fingerprint density at radius 2 is 1.39 bits per heavy atom. The van der Waals surface area contributed by atoms with Crippen LogP contribution in [0.2, 0.25) is 10.0 Å². The minimum atomic E-state index is -1.28. The van der Waals surface area contributed by atoms with Crippen LogP contribution in [-0.2, 0) is 10.5 Å². The van der Waals surface area contributed by atoms with Crippen molar-refractivity contribution in [2.24, 2.45) is 0 Å². The van der Waals surface area contributed by atoms with E-state index in [2.05, 4.69) is 22.6 Å². The van der Waals surface area contributed by atoms with Gasteiger partial charge in [0, 0.05) is 47.9 Å². The first-order valence-electron chi connectivity index (χ1n) is 13.6. The first kappa shape index (κ1) is 31.4. The molecule has 5 rings (SSSR count). The molecule has 0 aliphatic carbocycles. The van der Waals surface area contributed by atoms with Gasteiger partial charge >= 0.3 is 0 Å². The molecular formula is C31H37Cl3N4O3. The summed E-state index contributed by atoms with van der Waals surface area (Å²) < 4.78 is 11.9. The summed E-state index contributed by atoms with van der Waals surface area (Å²) in [5.74, 6) is 1.20. The number of likely N-dealkylation sites (N-methyl/N-ethyl adjacent to an activating group) is 1. The number of nitrogens with zero attached hydrogens (tertiary/aromatic N) is 2. The zero-order valence-electron chi connectivity index (χ0n) is 23.7. The average molecular weight is 620 g/mol. The van der Waals surface area contributed by atoms with E-state index in [0.29, 0.717) is 40.2 Å². The van der Waals surface area contributed by atoms with Crippen molar-refractivity contribution in [3.05, 3.63) is 93.5 Å². The van der Waals surface area contributed by atoms with Crippen LogP contribution < -0.4 is 20.1 Å². The Kier molecular flexibility index (Phi) is 10.1. The number of methoxy groups -OCH3 is 1. The maximum Gasteiger partial charge on any atom is 0.262 e. The number of carbonyl (C=O) groups is 1. The highest BCUT2D eigenvalue weighted by Gasteiger charge is 2.54. The molecule has 1 amide bonds. The number of rotatable bonds is 7. The Hall–Kier alpha value is -2.52. The number of ether oxygens (including phenoxy) is 2. The van der Waals surface area contributed by atoms with Crippen LogP contribution in [-0.4, -0.2) is 62.1 Å². The van der Waals surface area contributed by atoms with Gasteiger partial charge in [-0.1, -0.05) is 47.5 Å². The van der Waals surface area contributed by atoms with Gasteiger partial charge < -0.3 is 19.3 Å². The third-order valence-electron chi connectivity index (χ3n) is 7.60. The topological polar surface area (TPSA) is 66.1 Å². The van der Waals surface area contributed by atoms with Crippen LogP contribution in [0.15, 0.2) is 66.7 Å². The van der Waals surface area contributed by atoms with Crippen LogP contribution in [0.3, 0.4) is 0 Å². The summed E-state index contributed by atoms with van der Waals surface area (Å²) in [4.78, 5) is 18.9. The fourth-order valence-corrected chi connectivity index (χ4v) is 5.75. The Morgan fingerprint density at radius 1 is 0.878 bits per heavy atom. The largest absolute Gasteiger partial charge is 0.497 e. The van der Waals surface area contributed by atoms with Gasteiger partial charge in [-0.25, -0.2) is 0 Å². The number of nitrogens with one attached hydrogen (secondary N) is 2. The molecule has 0 spiro atoms. The van der Waals surface area contributed by atoms with Gasteiger partial charge in [0.2, 0.25) is 0 Å². The molecule has 220 valence electrons. The summed E-state index contributed by atoms with van der Waals surface area (Å²) in [5, 5.41) is 8.84. The van der Waals surface area contributed by atoms with E-state index in [-0.39, 0.29) is 36.5 Å². The Morgan fingerprint density at radius 3 is 1.85 bits per heavy atom. The quantitative estimate of drug-likeness (QED) is 0.348. The first-order chi connectivity index (χ1) is 19.2. The summed E-state index contributed by atoms with van der Waals surface area (Å²) in [5.41, 5.74) is 1.44. The van der Waals surface area contributed by atoms with Crippen LogP contribution in [0.4, 0.5) is 0 Å². The minimum Gasteiger partial charge on any atom is -0.497 e. The fourth-order valence-electron chi connectivity index (χ4n) is 5.50. The van der Waals surface area contributed by atoms with Crippen molar-refractivity contribution in [3.8, 4) is 11.5 Å². The van der Waals surface area contributed by atoms with E-state index in [4.69, 9.17) is 32.7 Å². The number of hydrogen-bond donors (Lipinski definition) is 2. The molecule has 3 aromatic carbocycles. The lowest BCUT2D eigenvalue weighted by Gasteiger charge is -2.40. The average Bonchev–Trinajstić information content (AvgIpc) is 3.35. The molecule has 3 aromatic rings. The van der Waals surface area contributed by atoms with Crippen molar-refractivity contribution < 1.29 is 14.3 Å². The molecule has 2 unspecified atom stereocenters. The summed E-state index contributed by atoms with van der Waals surface area (Å²) in [7, 11) is 3.70. The molecule has 2 saturated heterocycles. The first-order valence-corrected chi connectivity index (χ1v) is 14.3. The van der Waals surface area contributed by atoms with E-state index in [1.165, 1.54) is 0 Å². The molecule has 2 aliphatic rings. The normalized spacial score (nSPS) is 22.9. The molecule has 0 saturated carbocycles. The number of carbonyl (C=O) groups excluding carboxylic acids is 1. The second-order valence-corrected chi connectivity index (χ2v) is 11.6. The van der Waals surface area contributed by atoms with Gasteiger partial charge in [0.05, 0.1) is 25.3 Å². The van der Waals surface area contributed by atoms with E-state index < -0.39 is 5.66 Å². The lowest BCUT2D eigenvalue weighted by Crippen LogP contribution is -2.62. The van der Waals surface area contributed by atoms with Crippen LogP contribution in [0.1, 0.15) is 42.6 Å². The number of halogens is 3. The zero-order valence-corrected chi connectivity index (χ0v) is 26.0. The Bertz CT molecular complexity index is 1280. The van der Waals surface area contributed by atoms with Crippen molar-refractivity contribution in [3.63, 3.8) is 0 Å². The standard InChI is InChI=1S/C31H36Cl2N4O3.ClH/c1-20(2)40-27-19-25(39-4)13-14-26(27)31(30(38)37-17-15-36(3)16-18-37)34-28(21-5-9-23(32)10-6-21)29(35-31)22-7-11-24(33)12-8-22;/h5-14,19-20,28-29,34-35H,15-18H2,1-4H3;1H.